The Morgan fingerprint density at radius 1 is 1.19 bits per heavy atom. The molecule has 1 saturated heterocycles. The number of hydrogen-bond donors (Lipinski definition) is 4. The van der Waals surface area contributed by atoms with Gasteiger partial charge in [0.25, 0.3) is 0 Å². The number of aliphatic hydroxyl groups is 2. The van der Waals surface area contributed by atoms with Gasteiger partial charge in [0.05, 0.1) is 36.5 Å². The van der Waals surface area contributed by atoms with Crippen molar-refractivity contribution in [1.29, 1.82) is 0 Å². The average molecular weight is 424 g/mol. The highest BCUT2D eigenvalue weighted by molar-refractivity contribution is 9.11. The Labute approximate surface area is 136 Å². The summed E-state index contributed by atoms with van der Waals surface area (Å²) in [5, 5.41) is 30.5. The largest absolute Gasteiger partial charge is 0.478 e. The van der Waals surface area contributed by atoms with Crippen molar-refractivity contribution in [3.05, 3.63) is 26.6 Å². The Kier molecular flexibility index (Phi) is 4.87. The maximum absolute atomic E-state index is 12.1. The fourth-order valence-corrected chi connectivity index (χ4v) is 3.31. The number of halogens is 2. The van der Waals surface area contributed by atoms with Crippen molar-refractivity contribution < 1.29 is 24.9 Å². The van der Waals surface area contributed by atoms with E-state index in [0.29, 0.717) is 8.95 Å². The van der Waals surface area contributed by atoms with Gasteiger partial charge >= 0.3 is 12.0 Å². The minimum absolute atomic E-state index is 0.0104. The molecule has 2 unspecified atom stereocenters. The predicted octanol–water partition coefficient (Wildman–Crippen LogP) is 1.48. The van der Waals surface area contributed by atoms with Gasteiger partial charge in [-0.05, 0) is 28.1 Å². The number of carboxylic acid groups (broad SMARTS) is 1. The van der Waals surface area contributed by atoms with Gasteiger partial charge in [0.2, 0.25) is 0 Å². The zero-order chi connectivity index (χ0) is 15.7. The standard InChI is InChI=1S/C12H12Br2N2O5/c13-5-1-6(11(19)20)10(7(14)2-5)15-12(21)16-3-8(17)9(18)4-16/h1-2,8-9,17-18H,3-4H2,(H,15,21)(H,19,20). The minimum Gasteiger partial charge on any atom is -0.478 e. The van der Waals surface area contributed by atoms with Crippen LogP contribution in [0, 0.1) is 0 Å². The molecular weight excluding hydrogens is 412 g/mol. The van der Waals surface area contributed by atoms with Crippen LogP contribution in [-0.2, 0) is 0 Å². The molecule has 21 heavy (non-hydrogen) atoms. The van der Waals surface area contributed by atoms with Gasteiger partial charge in [0.15, 0.2) is 0 Å². The number of aromatic carboxylic acids is 1. The molecule has 0 aromatic heterocycles. The molecule has 1 fully saturated rings. The van der Waals surface area contributed by atoms with E-state index in [-0.39, 0.29) is 24.3 Å². The summed E-state index contributed by atoms with van der Waals surface area (Å²) in [5.41, 5.74) is 0.0384. The summed E-state index contributed by atoms with van der Waals surface area (Å²) in [5.74, 6) is -1.19. The highest BCUT2D eigenvalue weighted by atomic mass is 79.9. The number of anilines is 1. The van der Waals surface area contributed by atoms with Gasteiger partial charge < -0.3 is 25.5 Å². The average Bonchev–Trinajstić information content (AvgIpc) is 2.72. The Morgan fingerprint density at radius 3 is 2.29 bits per heavy atom. The number of aliphatic hydroxyl groups excluding tert-OH is 2. The van der Waals surface area contributed by atoms with Crippen molar-refractivity contribution in [3.63, 3.8) is 0 Å². The van der Waals surface area contributed by atoms with E-state index in [1.165, 1.54) is 11.0 Å². The number of carbonyl (C=O) groups excluding carboxylic acids is 1. The molecule has 2 rings (SSSR count). The Balaban J connectivity index is 2.23. The van der Waals surface area contributed by atoms with Crippen LogP contribution in [-0.4, -0.2) is 57.5 Å². The maximum Gasteiger partial charge on any atom is 0.337 e. The van der Waals surface area contributed by atoms with E-state index >= 15 is 0 Å². The van der Waals surface area contributed by atoms with Gasteiger partial charge in [-0.15, -0.1) is 0 Å². The summed E-state index contributed by atoms with van der Waals surface area (Å²) in [6, 6.07) is 2.39. The van der Waals surface area contributed by atoms with Crippen LogP contribution in [0.15, 0.2) is 21.1 Å². The van der Waals surface area contributed by atoms with Crippen LogP contribution in [0.4, 0.5) is 10.5 Å². The number of rotatable bonds is 2. The van der Waals surface area contributed by atoms with E-state index in [0.717, 1.165) is 0 Å². The first-order valence-electron chi connectivity index (χ1n) is 5.94. The smallest absolute Gasteiger partial charge is 0.337 e. The molecule has 0 aliphatic carbocycles. The molecule has 1 aliphatic rings. The number of β-amino-alcohol motifs (C(OH)–C–C–N with tert-alkyl or cyclic N) is 2. The van der Waals surface area contributed by atoms with Crippen molar-refractivity contribution in [2.24, 2.45) is 0 Å². The molecule has 2 atom stereocenters. The lowest BCUT2D eigenvalue weighted by Gasteiger charge is -2.18. The van der Waals surface area contributed by atoms with E-state index in [1.54, 1.807) is 6.07 Å². The van der Waals surface area contributed by atoms with Gasteiger partial charge in [0, 0.05) is 8.95 Å². The van der Waals surface area contributed by atoms with Crippen LogP contribution < -0.4 is 5.32 Å². The van der Waals surface area contributed by atoms with Gasteiger partial charge in [-0.25, -0.2) is 9.59 Å². The summed E-state index contributed by atoms with van der Waals surface area (Å²) in [7, 11) is 0. The second-order valence-electron chi connectivity index (χ2n) is 4.59. The number of likely N-dealkylation sites (tertiary alicyclic amines) is 1. The number of urea groups is 1. The first-order valence-corrected chi connectivity index (χ1v) is 7.52. The number of carboxylic acids is 1. The highest BCUT2D eigenvalue weighted by Crippen LogP contribution is 2.31. The monoisotopic (exact) mass is 422 g/mol. The van der Waals surface area contributed by atoms with E-state index in [2.05, 4.69) is 37.2 Å². The van der Waals surface area contributed by atoms with Crippen LogP contribution in [0.3, 0.4) is 0 Å². The maximum atomic E-state index is 12.1. The molecule has 0 saturated carbocycles. The topological polar surface area (TPSA) is 110 Å². The molecule has 0 bridgehead atoms. The lowest BCUT2D eigenvalue weighted by molar-refractivity contribution is 0.0572. The first-order chi connectivity index (χ1) is 9.79. The number of amides is 2. The second-order valence-corrected chi connectivity index (χ2v) is 6.36. The van der Waals surface area contributed by atoms with E-state index in [4.69, 9.17) is 0 Å². The van der Waals surface area contributed by atoms with Gasteiger partial charge in [-0.3, -0.25) is 0 Å². The SMILES string of the molecule is O=C(O)c1cc(Br)cc(Br)c1NC(=O)N1CC(O)C(O)C1. The Bertz CT molecular complexity index is 585. The van der Waals surface area contributed by atoms with Crippen LogP contribution in [0.5, 0.6) is 0 Å². The number of benzene rings is 1. The highest BCUT2D eigenvalue weighted by Gasteiger charge is 2.33. The molecule has 9 heteroatoms. The fourth-order valence-electron chi connectivity index (χ4n) is 1.99. The summed E-state index contributed by atoms with van der Waals surface area (Å²) in [4.78, 5) is 24.5. The molecule has 1 aromatic rings. The number of nitrogens with zero attached hydrogens (tertiary/aromatic N) is 1. The van der Waals surface area contributed by atoms with Crippen molar-refractivity contribution >= 4 is 49.5 Å². The third kappa shape index (κ3) is 3.54. The summed E-state index contributed by atoms with van der Waals surface area (Å²) in [6.45, 7) is -0.0207. The summed E-state index contributed by atoms with van der Waals surface area (Å²) >= 11 is 6.38. The number of nitrogens with one attached hydrogen (secondary N) is 1. The molecule has 1 aliphatic heterocycles. The van der Waals surface area contributed by atoms with Crippen molar-refractivity contribution in [2.45, 2.75) is 12.2 Å². The third-order valence-corrected chi connectivity index (χ3v) is 4.15. The van der Waals surface area contributed by atoms with Crippen LogP contribution >= 0.6 is 31.9 Å². The second kappa shape index (κ2) is 6.30. The molecule has 1 heterocycles. The molecule has 7 nitrogen and oxygen atoms in total. The minimum atomic E-state index is -1.19. The van der Waals surface area contributed by atoms with Crippen molar-refractivity contribution in [2.75, 3.05) is 18.4 Å². The Hall–Kier alpha value is -1.16. The van der Waals surface area contributed by atoms with E-state index in [1.807, 2.05) is 0 Å². The molecule has 114 valence electrons. The molecule has 2 amide bonds. The lowest BCUT2D eigenvalue weighted by atomic mass is 10.2. The zero-order valence-corrected chi connectivity index (χ0v) is 13.8. The number of carbonyl (C=O) groups is 2. The number of hydrogen-bond acceptors (Lipinski definition) is 4. The zero-order valence-electron chi connectivity index (χ0n) is 10.6. The quantitative estimate of drug-likeness (QED) is 0.575. The van der Waals surface area contributed by atoms with Crippen LogP contribution in [0.1, 0.15) is 10.4 Å². The van der Waals surface area contributed by atoms with Crippen LogP contribution in [0.25, 0.3) is 0 Å². The summed E-state index contributed by atoms with van der Waals surface area (Å²) in [6.07, 6.45) is -1.99. The fraction of sp³-hybridized carbons (Fsp3) is 0.333. The Morgan fingerprint density at radius 2 is 1.76 bits per heavy atom. The molecule has 0 spiro atoms. The predicted molar refractivity (Wildman–Crippen MR) is 81.4 cm³/mol. The molecule has 1 aromatic carbocycles. The molecule has 0 radical (unpaired) electrons. The van der Waals surface area contributed by atoms with Crippen molar-refractivity contribution in [3.8, 4) is 0 Å². The van der Waals surface area contributed by atoms with E-state index in [9.17, 15) is 24.9 Å². The van der Waals surface area contributed by atoms with E-state index < -0.39 is 24.2 Å². The van der Waals surface area contributed by atoms with Gasteiger partial charge in [0.1, 0.15) is 0 Å². The third-order valence-electron chi connectivity index (χ3n) is 3.06. The molecule has 4 N–H and O–H groups in total. The van der Waals surface area contributed by atoms with Gasteiger partial charge in [-0.1, -0.05) is 15.9 Å². The first kappa shape index (κ1) is 16.2. The van der Waals surface area contributed by atoms with Crippen LogP contribution in [0.2, 0.25) is 0 Å². The normalized spacial score (nSPS) is 21.4. The lowest BCUT2D eigenvalue weighted by Crippen LogP contribution is -2.34. The summed E-state index contributed by atoms with van der Waals surface area (Å²) < 4.78 is 0.958. The molecular formula is C12H12Br2N2O5. The van der Waals surface area contributed by atoms with Gasteiger partial charge in [-0.2, -0.15) is 0 Å². The van der Waals surface area contributed by atoms with Crippen molar-refractivity contribution in [1.82, 2.24) is 4.90 Å².